The zero-order valence-corrected chi connectivity index (χ0v) is 19.5. The van der Waals surface area contributed by atoms with E-state index in [0.29, 0.717) is 30.4 Å². The van der Waals surface area contributed by atoms with Gasteiger partial charge in [0, 0.05) is 19.6 Å². The van der Waals surface area contributed by atoms with Gasteiger partial charge >= 0.3 is 11.8 Å². The average molecular weight is 466 g/mol. The van der Waals surface area contributed by atoms with Crippen molar-refractivity contribution in [3.05, 3.63) is 47.1 Å². The molecule has 3 aromatic rings. The topological polar surface area (TPSA) is 110 Å². The molecule has 3 N–H and O–H groups in total. The molecular weight excluding hydrogens is 438 g/mol. The van der Waals surface area contributed by atoms with Crippen molar-refractivity contribution in [1.82, 2.24) is 14.9 Å². The van der Waals surface area contributed by atoms with Crippen molar-refractivity contribution in [2.75, 3.05) is 24.7 Å². The molecule has 3 atom stereocenters. The lowest BCUT2D eigenvalue weighted by atomic mass is 9.87. The predicted molar refractivity (Wildman–Crippen MR) is 128 cm³/mol. The maximum Gasteiger partial charge on any atom is 0.313 e. The van der Waals surface area contributed by atoms with E-state index in [1.807, 2.05) is 36.7 Å². The van der Waals surface area contributed by atoms with Crippen LogP contribution in [0.5, 0.6) is 0 Å². The smallest absolute Gasteiger partial charge is 0.313 e. The Morgan fingerprint density at radius 2 is 2.06 bits per heavy atom. The van der Waals surface area contributed by atoms with Gasteiger partial charge in [-0.15, -0.1) is 11.3 Å². The molecular formula is C24H27N5O3S. The fourth-order valence-electron chi connectivity index (χ4n) is 4.68. The Morgan fingerprint density at radius 1 is 1.24 bits per heavy atom. The number of anilines is 2. The number of likely N-dealkylation sites (tertiary alicyclic amines) is 1. The first kappa shape index (κ1) is 21.8. The van der Waals surface area contributed by atoms with E-state index in [-0.39, 0.29) is 18.1 Å². The zero-order chi connectivity index (χ0) is 23.1. The first-order valence-electron chi connectivity index (χ1n) is 11.2. The monoisotopic (exact) mass is 465 g/mol. The SMILES string of the molecule is CO[C@H]1C[C@H](c2ccc3scnc3c2)N(C(=O)C(=O)Nc2cnc(N)c(C3CC3)c2)C[C@H]1C. The number of rotatable bonds is 4. The van der Waals surface area contributed by atoms with Gasteiger partial charge in [0.2, 0.25) is 0 Å². The molecule has 0 radical (unpaired) electrons. The van der Waals surface area contributed by atoms with Gasteiger partial charge in [0.05, 0.1) is 39.8 Å². The molecule has 8 nitrogen and oxygen atoms in total. The normalized spacial score (nSPS) is 23.0. The van der Waals surface area contributed by atoms with Crippen LogP contribution in [0.2, 0.25) is 0 Å². The number of ether oxygens (including phenoxy) is 1. The maximum absolute atomic E-state index is 13.4. The molecule has 1 saturated heterocycles. The summed E-state index contributed by atoms with van der Waals surface area (Å²) in [6.45, 7) is 2.47. The molecule has 2 aromatic heterocycles. The summed E-state index contributed by atoms with van der Waals surface area (Å²) in [6.07, 6.45) is 4.25. The summed E-state index contributed by atoms with van der Waals surface area (Å²) >= 11 is 1.57. The molecule has 9 heteroatoms. The number of thiazole rings is 1. The minimum absolute atomic E-state index is 0.00404. The Bertz CT molecular complexity index is 1210. The number of nitrogens with two attached hydrogens (primary N) is 1. The van der Waals surface area contributed by atoms with Crippen LogP contribution in [0.3, 0.4) is 0 Å². The zero-order valence-electron chi connectivity index (χ0n) is 18.7. The standard InChI is InChI=1S/C24H27N5O3S/c1-13-11-29(19(9-20(13)32-2)15-5-6-21-18(7-15)27-12-33-21)24(31)23(30)28-16-8-17(14-3-4-14)22(25)26-10-16/h5-8,10,12-14,19-20H,3-4,9,11H2,1-2H3,(H2,25,26)(H,28,30)/t13-,19-,20+/m1/s1. The van der Waals surface area contributed by atoms with Crippen LogP contribution in [0.4, 0.5) is 11.5 Å². The van der Waals surface area contributed by atoms with Crippen LogP contribution in [0, 0.1) is 5.92 Å². The van der Waals surface area contributed by atoms with Crippen molar-refractivity contribution in [3.8, 4) is 0 Å². The number of benzene rings is 1. The highest BCUT2D eigenvalue weighted by molar-refractivity contribution is 7.16. The lowest BCUT2D eigenvalue weighted by Crippen LogP contribution is -2.50. The van der Waals surface area contributed by atoms with Crippen LogP contribution in [0.15, 0.2) is 36.0 Å². The summed E-state index contributed by atoms with van der Waals surface area (Å²) in [4.78, 5) is 36.6. The number of pyridine rings is 1. The van der Waals surface area contributed by atoms with Gasteiger partial charge in [-0.1, -0.05) is 13.0 Å². The maximum atomic E-state index is 13.4. The Balaban J connectivity index is 1.40. The van der Waals surface area contributed by atoms with Crippen LogP contribution in [0.25, 0.3) is 10.2 Å². The number of piperidine rings is 1. The molecule has 0 bridgehead atoms. The third-order valence-electron chi connectivity index (χ3n) is 6.67. The number of carbonyl (C=O) groups excluding carboxylic acids is 2. The van der Waals surface area contributed by atoms with Gasteiger partial charge in [0.15, 0.2) is 0 Å². The molecule has 1 aliphatic heterocycles. The third kappa shape index (κ3) is 4.30. The van der Waals surface area contributed by atoms with E-state index in [0.717, 1.165) is 34.2 Å². The number of nitrogens with one attached hydrogen (secondary N) is 1. The number of hydrogen-bond donors (Lipinski definition) is 2. The largest absolute Gasteiger partial charge is 0.383 e. The van der Waals surface area contributed by atoms with Gasteiger partial charge in [-0.05, 0) is 54.5 Å². The molecule has 2 amide bonds. The van der Waals surface area contributed by atoms with Crippen molar-refractivity contribution in [1.29, 1.82) is 0 Å². The Morgan fingerprint density at radius 3 is 2.82 bits per heavy atom. The highest BCUT2D eigenvalue weighted by atomic mass is 32.1. The fourth-order valence-corrected chi connectivity index (χ4v) is 5.34. The molecule has 1 aliphatic carbocycles. The molecule has 33 heavy (non-hydrogen) atoms. The Kier molecular flexibility index (Phi) is 5.76. The van der Waals surface area contributed by atoms with E-state index in [1.54, 1.807) is 23.3 Å². The average Bonchev–Trinajstić information content (AvgIpc) is 3.55. The van der Waals surface area contributed by atoms with Crippen LogP contribution < -0.4 is 11.1 Å². The van der Waals surface area contributed by atoms with E-state index in [4.69, 9.17) is 10.5 Å². The number of carbonyl (C=O) groups is 2. The fraction of sp³-hybridized carbons (Fsp3) is 0.417. The number of amides is 2. The highest BCUT2D eigenvalue weighted by Gasteiger charge is 2.39. The first-order valence-corrected chi connectivity index (χ1v) is 12.1. The summed E-state index contributed by atoms with van der Waals surface area (Å²) in [7, 11) is 1.69. The second kappa shape index (κ2) is 8.72. The molecule has 0 spiro atoms. The number of methoxy groups -OCH3 is 1. The van der Waals surface area contributed by atoms with Gasteiger partial charge in [-0.25, -0.2) is 9.97 Å². The first-order chi connectivity index (χ1) is 15.9. The minimum atomic E-state index is -0.675. The van der Waals surface area contributed by atoms with Gasteiger partial charge in [0.1, 0.15) is 5.82 Å². The molecule has 1 saturated carbocycles. The number of fused-ring (bicyclic) bond motifs is 1. The number of hydrogen-bond acceptors (Lipinski definition) is 7. The van der Waals surface area contributed by atoms with Crippen molar-refractivity contribution < 1.29 is 14.3 Å². The molecule has 3 heterocycles. The van der Waals surface area contributed by atoms with E-state index >= 15 is 0 Å². The Hall–Kier alpha value is -3.04. The molecule has 5 rings (SSSR count). The second-order valence-corrected chi connectivity index (χ2v) is 9.85. The van der Waals surface area contributed by atoms with Gasteiger partial charge in [-0.3, -0.25) is 9.59 Å². The lowest BCUT2D eigenvalue weighted by Gasteiger charge is -2.42. The second-order valence-electron chi connectivity index (χ2n) is 8.97. The number of nitrogens with zero attached hydrogens (tertiary/aromatic N) is 3. The molecule has 2 fully saturated rings. The van der Waals surface area contributed by atoms with Gasteiger partial charge < -0.3 is 20.7 Å². The lowest BCUT2D eigenvalue weighted by molar-refractivity contribution is -0.149. The van der Waals surface area contributed by atoms with Crippen molar-refractivity contribution in [2.45, 2.75) is 44.2 Å². The minimum Gasteiger partial charge on any atom is -0.383 e. The summed E-state index contributed by atoms with van der Waals surface area (Å²) in [5.74, 6) is -0.264. The predicted octanol–water partition coefficient (Wildman–Crippen LogP) is 3.71. The number of nitrogen functional groups attached to an aromatic ring is 1. The molecule has 1 aromatic carbocycles. The highest BCUT2D eigenvalue weighted by Crippen LogP contribution is 2.43. The summed E-state index contributed by atoms with van der Waals surface area (Å²) in [5.41, 5.74) is 11.1. The summed E-state index contributed by atoms with van der Waals surface area (Å²) in [5, 5.41) is 2.74. The van der Waals surface area contributed by atoms with Crippen molar-refractivity contribution in [2.24, 2.45) is 5.92 Å². The molecule has 2 aliphatic rings. The van der Waals surface area contributed by atoms with Crippen LogP contribution in [0.1, 0.15) is 49.3 Å². The molecule has 0 unspecified atom stereocenters. The van der Waals surface area contributed by atoms with Crippen LogP contribution in [-0.2, 0) is 14.3 Å². The number of aromatic nitrogens is 2. The van der Waals surface area contributed by atoms with Crippen LogP contribution in [-0.4, -0.2) is 46.4 Å². The Labute approximate surface area is 196 Å². The van der Waals surface area contributed by atoms with E-state index < -0.39 is 11.8 Å². The third-order valence-corrected chi connectivity index (χ3v) is 7.48. The quantitative estimate of drug-likeness (QED) is 0.568. The van der Waals surface area contributed by atoms with Crippen LogP contribution >= 0.6 is 11.3 Å². The van der Waals surface area contributed by atoms with E-state index in [1.165, 1.54) is 6.20 Å². The van der Waals surface area contributed by atoms with Gasteiger partial charge in [0.25, 0.3) is 0 Å². The van der Waals surface area contributed by atoms with Crippen molar-refractivity contribution in [3.63, 3.8) is 0 Å². The summed E-state index contributed by atoms with van der Waals surface area (Å²) in [6, 6.07) is 7.59. The van der Waals surface area contributed by atoms with E-state index in [2.05, 4.69) is 15.3 Å². The van der Waals surface area contributed by atoms with Gasteiger partial charge in [-0.2, -0.15) is 0 Å². The van der Waals surface area contributed by atoms with E-state index in [9.17, 15) is 9.59 Å². The summed E-state index contributed by atoms with van der Waals surface area (Å²) < 4.78 is 6.78. The molecule has 172 valence electrons. The van der Waals surface area contributed by atoms with Crippen molar-refractivity contribution >= 4 is 44.9 Å².